The summed E-state index contributed by atoms with van der Waals surface area (Å²) in [4.78, 5) is 20.2. The van der Waals surface area contributed by atoms with Gasteiger partial charge in [-0.1, -0.05) is 61.6 Å². The second kappa shape index (κ2) is 8.29. The first-order valence-corrected chi connectivity index (χ1v) is 10.8. The van der Waals surface area contributed by atoms with Crippen LogP contribution in [0.5, 0.6) is 0 Å². The van der Waals surface area contributed by atoms with Crippen LogP contribution in [0.3, 0.4) is 0 Å². The molecule has 0 radical (unpaired) electrons. The van der Waals surface area contributed by atoms with Crippen molar-refractivity contribution in [2.24, 2.45) is 5.41 Å². The van der Waals surface area contributed by atoms with Crippen molar-refractivity contribution in [3.63, 3.8) is 0 Å². The summed E-state index contributed by atoms with van der Waals surface area (Å²) in [6, 6.07) is 14.3. The van der Waals surface area contributed by atoms with E-state index in [-0.39, 0.29) is 11.8 Å². The molecule has 7 heteroatoms. The van der Waals surface area contributed by atoms with Gasteiger partial charge in [-0.25, -0.2) is 4.98 Å². The van der Waals surface area contributed by atoms with Crippen LogP contribution < -0.4 is 10.2 Å². The highest BCUT2D eigenvalue weighted by Gasteiger charge is 2.39. The SMILES string of the molecule is CC(C)(C(=O)Nc1nncs1)C(c1ccccc1)c1ccc(N2CCCC2)nc1. The fraction of sp³-hybridized carbons (Fsp3) is 0.364. The molecule has 1 saturated heterocycles. The van der Waals surface area contributed by atoms with Gasteiger partial charge in [0, 0.05) is 25.2 Å². The molecule has 0 saturated carbocycles. The predicted molar refractivity (Wildman–Crippen MR) is 116 cm³/mol. The van der Waals surface area contributed by atoms with Gasteiger partial charge in [0.05, 0.1) is 5.41 Å². The van der Waals surface area contributed by atoms with Crippen LogP contribution in [-0.2, 0) is 4.79 Å². The number of amides is 1. The van der Waals surface area contributed by atoms with Gasteiger partial charge in [0.25, 0.3) is 0 Å². The fourth-order valence-corrected chi connectivity index (χ4v) is 4.43. The van der Waals surface area contributed by atoms with Gasteiger partial charge in [0.1, 0.15) is 11.3 Å². The summed E-state index contributed by atoms with van der Waals surface area (Å²) < 4.78 is 0. The van der Waals surface area contributed by atoms with Crippen molar-refractivity contribution in [2.45, 2.75) is 32.6 Å². The molecule has 29 heavy (non-hydrogen) atoms. The third kappa shape index (κ3) is 4.15. The Morgan fingerprint density at radius 3 is 2.48 bits per heavy atom. The molecule has 4 rings (SSSR count). The molecule has 1 aromatic carbocycles. The van der Waals surface area contributed by atoms with E-state index in [1.54, 1.807) is 5.51 Å². The lowest BCUT2D eigenvalue weighted by molar-refractivity contribution is -0.124. The molecular formula is C22H25N5OS. The molecule has 1 fully saturated rings. The van der Waals surface area contributed by atoms with E-state index in [2.05, 4.69) is 44.7 Å². The van der Waals surface area contributed by atoms with E-state index in [1.807, 2.05) is 38.2 Å². The van der Waals surface area contributed by atoms with Gasteiger partial charge in [-0.3, -0.25) is 4.79 Å². The maximum absolute atomic E-state index is 13.2. The van der Waals surface area contributed by atoms with Crippen LogP contribution in [0.4, 0.5) is 10.9 Å². The monoisotopic (exact) mass is 407 g/mol. The molecule has 1 amide bonds. The molecule has 1 N–H and O–H groups in total. The number of aromatic nitrogens is 3. The topological polar surface area (TPSA) is 71.0 Å². The minimum atomic E-state index is -0.718. The van der Waals surface area contributed by atoms with E-state index in [0.29, 0.717) is 5.13 Å². The van der Waals surface area contributed by atoms with Gasteiger partial charge in [-0.2, -0.15) is 0 Å². The number of rotatable bonds is 6. The van der Waals surface area contributed by atoms with Crippen LogP contribution in [0.15, 0.2) is 54.2 Å². The molecule has 1 aliphatic heterocycles. The maximum Gasteiger partial charge on any atom is 0.232 e. The minimum absolute atomic E-state index is 0.0910. The minimum Gasteiger partial charge on any atom is -0.357 e. The van der Waals surface area contributed by atoms with Gasteiger partial charge in [0.2, 0.25) is 11.0 Å². The maximum atomic E-state index is 13.2. The fourth-order valence-electron chi connectivity index (χ4n) is 3.99. The van der Waals surface area contributed by atoms with E-state index in [9.17, 15) is 4.79 Å². The van der Waals surface area contributed by atoms with Crippen LogP contribution in [-0.4, -0.2) is 34.2 Å². The lowest BCUT2D eigenvalue weighted by atomic mass is 9.71. The summed E-state index contributed by atoms with van der Waals surface area (Å²) >= 11 is 1.31. The van der Waals surface area contributed by atoms with Gasteiger partial charge in [0.15, 0.2) is 0 Å². The molecular weight excluding hydrogens is 382 g/mol. The first kappa shape index (κ1) is 19.5. The van der Waals surface area contributed by atoms with E-state index in [4.69, 9.17) is 4.98 Å². The molecule has 1 aliphatic rings. The Morgan fingerprint density at radius 1 is 1.10 bits per heavy atom. The van der Waals surface area contributed by atoms with Crippen LogP contribution in [0.25, 0.3) is 0 Å². The van der Waals surface area contributed by atoms with Crippen molar-refractivity contribution in [3.8, 4) is 0 Å². The Hall–Kier alpha value is -2.80. The standard InChI is InChI=1S/C22H25N5OS/c1-22(2,20(28)25-21-26-24-15-29-21)19(16-8-4-3-5-9-16)17-10-11-18(23-14-17)27-12-6-7-13-27/h3-5,8-11,14-15,19H,6-7,12-13H2,1-2H3,(H,25,26,28). The number of hydrogen-bond donors (Lipinski definition) is 1. The van der Waals surface area contributed by atoms with Gasteiger partial charge in [-0.15, -0.1) is 10.2 Å². The highest BCUT2D eigenvalue weighted by molar-refractivity contribution is 7.13. The Labute approximate surface area is 175 Å². The summed E-state index contributed by atoms with van der Waals surface area (Å²) in [7, 11) is 0. The average Bonchev–Trinajstić information content (AvgIpc) is 3.44. The number of nitrogens with zero attached hydrogens (tertiary/aromatic N) is 4. The number of benzene rings is 1. The molecule has 150 valence electrons. The van der Waals surface area contributed by atoms with Crippen LogP contribution in [0, 0.1) is 5.41 Å². The molecule has 3 aromatic rings. The van der Waals surface area contributed by atoms with Gasteiger partial charge >= 0.3 is 0 Å². The van der Waals surface area contributed by atoms with Crippen molar-refractivity contribution in [1.82, 2.24) is 15.2 Å². The van der Waals surface area contributed by atoms with Crippen molar-refractivity contribution >= 4 is 28.2 Å². The van der Waals surface area contributed by atoms with Crippen molar-refractivity contribution in [1.29, 1.82) is 0 Å². The van der Waals surface area contributed by atoms with E-state index < -0.39 is 5.41 Å². The zero-order valence-corrected chi connectivity index (χ0v) is 17.5. The lowest BCUT2D eigenvalue weighted by Crippen LogP contribution is -2.37. The Morgan fingerprint density at radius 2 is 1.86 bits per heavy atom. The first-order valence-electron chi connectivity index (χ1n) is 9.89. The molecule has 3 heterocycles. The molecule has 0 bridgehead atoms. The van der Waals surface area contributed by atoms with Crippen molar-refractivity contribution in [3.05, 3.63) is 65.3 Å². The Kier molecular flexibility index (Phi) is 5.58. The van der Waals surface area contributed by atoms with E-state index in [1.165, 1.54) is 24.2 Å². The van der Waals surface area contributed by atoms with Gasteiger partial charge < -0.3 is 10.2 Å². The lowest BCUT2D eigenvalue weighted by Gasteiger charge is -2.33. The molecule has 1 atom stereocenters. The van der Waals surface area contributed by atoms with Crippen LogP contribution in [0.1, 0.15) is 43.7 Å². The molecule has 6 nitrogen and oxygen atoms in total. The van der Waals surface area contributed by atoms with Gasteiger partial charge in [-0.05, 0) is 30.0 Å². The van der Waals surface area contributed by atoms with E-state index in [0.717, 1.165) is 30.0 Å². The Balaban J connectivity index is 1.67. The molecule has 0 spiro atoms. The smallest absolute Gasteiger partial charge is 0.232 e. The van der Waals surface area contributed by atoms with Crippen molar-refractivity contribution in [2.75, 3.05) is 23.3 Å². The van der Waals surface area contributed by atoms with Crippen LogP contribution in [0.2, 0.25) is 0 Å². The molecule has 1 unspecified atom stereocenters. The normalized spacial score (nSPS) is 15.3. The third-order valence-corrected chi connectivity index (χ3v) is 6.16. The zero-order valence-electron chi connectivity index (χ0n) is 16.7. The highest BCUT2D eigenvalue weighted by Crippen LogP contribution is 2.42. The van der Waals surface area contributed by atoms with Crippen molar-refractivity contribution < 1.29 is 4.79 Å². The average molecular weight is 408 g/mol. The summed E-state index contributed by atoms with van der Waals surface area (Å²) in [5.41, 5.74) is 3.00. The number of hydrogen-bond acceptors (Lipinski definition) is 6. The summed E-state index contributed by atoms with van der Waals surface area (Å²) in [5, 5.41) is 11.2. The zero-order chi connectivity index (χ0) is 20.3. The number of carbonyl (C=O) groups is 1. The number of carbonyl (C=O) groups excluding carboxylic acids is 1. The molecule has 2 aromatic heterocycles. The Bertz CT molecular complexity index is 935. The second-order valence-corrected chi connectivity index (χ2v) is 8.74. The van der Waals surface area contributed by atoms with Crippen LogP contribution >= 0.6 is 11.3 Å². The predicted octanol–water partition coefficient (Wildman–Crippen LogP) is 4.33. The first-order chi connectivity index (χ1) is 14.1. The van der Waals surface area contributed by atoms with E-state index >= 15 is 0 Å². The number of pyridine rings is 1. The second-order valence-electron chi connectivity index (χ2n) is 7.91. The largest absolute Gasteiger partial charge is 0.357 e. The summed E-state index contributed by atoms with van der Waals surface area (Å²) in [5.74, 6) is 0.776. The quantitative estimate of drug-likeness (QED) is 0.658. The summed E-state index contributed by atoms with van der Waals surface area (Å²) in [6.45, 7) is 6.05. The number of anilines is 2. The number of nitrogens with one attached hydrogen (secondary N) is 1. The highest BCUT2D eigenvalue weighted by atomic mass is 32.1. The molecule has 0 aliphatic carbocycles. The summed E-state index contributed by atoms with van der Waals surface area (Å²) in [6.07, 6.45) is 4.36. The third-order valence-electron chi connectivity index (χ3n) is 5.55.